The summed E-state index contributed by atoms with van der Waals surface area (Å²) in [5.41, 5.74) is 0. The highest BCUT2D eigenvalue weighted by molar-refractivity contribution is 4.73. The van der Waals surface area contributed by atoms with Gasteiger partial charge in [-0.05, 0) is 6.42 Å². The number of aliphatic hydroxyl groups is 5. The predicted octanol–water partition coefficient (Wildman–Crippen LogP) is -2.56. The zero-order valence-corrected chi connectivity index (χ0v) is 6.09. The molecule has 0 aromatic rings. The van der Waals surface area contributed by atoms with Gasteiger partial charge in [-0.15, -0.1) is 0 Å². The first kappa shape index (κ1) is 10.8. The molecule has 0 aromatic heterocycles. The van der Waals surface area contributed by atoms with E-state index >= 15 is 0 Å². The van der Waals surface area contributed by atoms with Gasteiger partial charge in [0.2, 0.25) is 0 Å². The molecule has 0 aliphatic heterocycles. The Morgan fingerprint density at radius 2 is 1.45 bits per heavy atom. The highest BCUT2D eigenvalue weighted by Gasteiger charge is 2.22. The standard InChI is InChI=1S/C6H14O5/c7-2-1-4(9)6(11)5(10)3-8/h4-11H,1-3H2/t4-,5-,6+/m1/s1. The van der Waals surface area contributed by atoms with E-state index in [1.165, 1.54) is 0 Å². The lowest BCUT2D eigenvalue weighted by Crippen LogP contribution is -2.39. The number of aliphatic hydroxyl groups excluding tert-OH is 5. The minimum atomic E-state index is -1.40. The maximum absolute atomic E-state index is 8.95. The molecule has 0 rings (SSSR count). The molecule has 0 fully saturated rings. The van der Waals surface area contributed by atoms with Crippen molar-refractivity contribution in [2.45, 2.75) is 24.7 Å². The van der Waals surface area contributed by atoms with Crippen molar-refractivity contribution in [2.75, 3.05) is 13.2 Å². The van der Waals surface area contributed by atoms with Crippen LogP contribution in [0.2, 0.25) is 0 Å². The van der Waals surface area contributed by atoms with Crippen LogP contribution >= 0.6 is 0 Å². The van der Waals surface area contributed by atoms with E-state index in [2.05, 4.69) is 0 Å². The van der Waals surface area contributed by atoms with Gasteiger partial charge in [0.05, 0.1) is 12.7 Å². The van der Waals surface area contributed by atoms with Crippen molar-refractivity contribution in [3.8, 4) is 0 Å². The largest absolute Gasteiger partial charge is 0.396 e. The topological polar surface area (TPSA) is 101 Å². The third-order valence-electron chi connectivity index (χ3n) is 1.40. The summed E-state index contributed by atoms with van der Waals surface area (Å²) in [5.74, 6) is 0. The third kappa shape index (κ3) is 3.64. The maximum atomic E-state index is 8.95. The third-order valence-corrected chi connectivity index (χ3v) is 1.40. The molecule has 0 aliphatic rings. The van der Waals surface area contributed by atoms with Crippen LogP contribution in [0.4, 0.5) is 0 Å². The van der Waals surface area contributed by atoms with Crippen molar-refractivity contribution in [3.63, 3.8) is 0 Å². The lowest BCUT2D eigenvalue weighted by molar-refractivity contribution is -0.0813. The molecule has 0 saturated heterocycles. The van der Waals surface area contributed by atoms with Gasteiger partial charge in [0.15, 0.2) is 0 Å². The summed E-state index contributed by atoms with van der Waals surface area (Å²) in [6.45, 7) is -0.875. The van der Waals surface area contributed by atoms with Gasteiger partial charge in [-0.2, -0.15) is 0 Å². The number of hydrogen-bond acceptors (Lipinski definition) is 5. The predicted molar refractivity (Wildman–Crippen MR) is 36.8 cm³/mol. The van der Waals surface area contributed by atoms with Crippen LogP contribution in [0.25, 0.3) is 0 Å². The van der Waals surface area contributed by atoms with Crippen molar-refractivity contribution in [1.82, 2.24) is 0 Å². The SMILES string of the molecule is OCC[C@@H](O)[C@H](O)[C@H](O)CO. The molecule has 0 aromatic carbocycles. The molecule has 0 heterocycles. The Morgan fingerprint density at radius 1 is 0.909 bits per heavy atom. The van der Waals surface area contributed by atoms with Gasteiger partial charge in [-0.3, -0.25) is 0 Å². The van der Waals surface area contributed by atoms with Crippen molar-refractivity contribution in [2.24, 2.45) is 0 Å². The fourth-order valence-electron chi connectivity index (χ4n) is 0.667. The molecule has 3 atom stereocenters. The molecule has 5 nitrogen and oxygen atoms in total. The zero-order valence-electron chi connectivity index (χ0n) is 6.09. The van der Waals surface area contributed by atoms with Crippen LogP contribution < -0.4 is 0 Å². The monoisotopic (exact) mass is 166 g/mol. The molecule has 5 N–H and O–H groups in total. The van der Waals surface area contributed by atoms with E-state index in [0.29, 0.717) is 0 Å². The van der Waals surface area contributed by atoms with Gasteiger partial charge < -0.3 is 25.5 Å². The first-order valence-corrected chi connectivity index (χ1v) is 3.39. The minimum Gasteiger partial charge on any atom is -0.396 e. The van der Waals surface area contributed by atoms with Gasteiger partial charge in [0.25, 0.3) is 0 Å². The second-order valence-corrected chi connectivity index (χ2v) is 2.32. The van der Waals surface area contributed by atoms with Crippen LogP contribution in [0, 0.1) is 0 Å². The van der Waals surface area contributed by atoms with Gasteiger partial charge in [0, 0.05) is 6.61 Å². The normalized spacial score (nSPS) is 19.4. The summed E-state index contributed by atoms with van der Waals surface area (Å²) in [7, 11) is 0. The molecule has 11 heavy (non-hydrogen) atoms. The van der Waals surface area contributed by atoms with E-state index < -0.39 is 24.9 Å². The van der Waals surface area contributed by atoms with Crippen molar-refractivity contribution >= 4 is 0 Å². The van der Waals surface area contributed by atoms with Gasteiger partial charge in [-0.25, -0.2) is 0 Å². The highest BCUT2D eigenvalue weighted by Crippen LogP contribution is 2.02. The van der Waals surface area contributed by atoms with Gasteiger partial charge >= 0.3 is 0 Å². The number of hydrogen-bond donors (Lipinski definition) is 5. The molecular formula is C6H14O5. The Morgan fingerprint density at radius 3 is 1.82 bits per heavy atom. The number of rotatable bonds is 5. The second kappa shape index (κ2) is 5.45. The summed E-state index contributed by atoms with van der Waals surface area (Å²) in [6.07, 6.45) is -3.95. The smallest absolute Gasteiger partial charge is 0.108 e. The fraction of sp³-hybridized carbons (Fsp3) is 1.00. The van der Waals surface area contributed by atoms with E-state index in [1.807, 2.05) is 0 Å². The highest BCUT2D eigenvalue weighted by atomic mass is 16.4. The average molecular weight is 166 g/mol. The van der Waals surface area contributed by atoms with Gasteiger partial charge in [-0.1, -0.05) is 0 Å². The van der Waals surface area contributed by atoms with Crippen LogP contribution in [0.15, 0.2) is 0 Å². The molecule has 5 heteroatoms. The maximum Gasteiger partial charge on any atom is 0.108 e. The average Bonchev–Trinajstić information content (AvgIpc) is 2.02. The fourth-order valence-corrected chi connectivity index (χ4v) is 0.667. The molecule has 0 amide bonds. The molecule has 0 spiro atoms. The summed E-state index contributed by atoms with van der Waals surface area (Å²) >= 11 is 0. The summed E-state index contributed by atoms with van der Waals surface area (Å²) in [5, 5.41) is 43.3. The Bertz CT molecular complexity index is 97.0. The molecule has 0 unspecified atom stereocenters. The Balaban J connectivity index is 3.70. The second-order valence-electron chi connectivity index (χ2n) is 2.32. The quantitative estimate of drug-likeness (QED) is 0.309. The Labute approximate surface area is 64.5 Å². The summed E-state index contributed by atoms with van der Waals surface area (Å²) in [6, 6.07) is 0. The van der Waals surface area contributed by atoms with Gasteiger partial charge in [0.1, 0.15) is 12.2 Å². The summed E-state index contributed by atoms with van der Waals surface area (Å²) in [4.78, 5) is 0. The van der Waals surface area contributed by atoms with Crippen LogP contribution in [-0.2, 0) is 0 Å². The van der Waals surface area contributed by atoms with E-state index in [0.717, 1.165) is 0 Å². The first-order chi connectivity index (χ1) is 5.13. The van der Waals surface area contributed by atoms with E-state index in [9.17, 15) is 0 Å². The van der Waals surface area contributed by atoms with E-state index in [-0.39, 0.29) is 13.0 Å². The van der Waals surface area contributed by atoms with Crippen molar-refractivity contribution in [1.29, 1.82) is 0 Å². The molecule has 68 valence electrons. The molecule has 0 radical (unpaired) electrons. The van der Waals surface area contributed by atoms with Crippen LogP contribution in [-0.4, -0.2) is 57.1 Å². The zero-order chi connectivity index (χ0) is 8.85. The molecular weight excluding hydrogens is 152 g/mol. The van der Waals surface area contributed by atoms with E-state index in [1.54, 1.807) is 0 Å². The lowest BCUT2D eigenvalue weighted by atomic mass is 10.1. The lowest BCUT2D eigenvalue weighted by Gasteiger charge is -2.20. The van der Waals surface area contributed by atoms with Crippen molar-refractivity contribution in [3.05, 3.63) is 0 Å². The summed E-state index contributed by atoms with van der Waals surface area (Å²) < 4.78 is 0. The minimum absolute atomic E-state index is 0.0156. The van der Waals surface area contributed by atoms with Crippen LogP contribution in [0.3, 0.4) is 0 Å². The van der Waals surface area contributed by atoms with Crippen molar-refractivity contribution < 1.29 is 25.5 Å². The molecule has 0 aliphatic carbocycles. The molecule has 0 bridgehead atoms. The molecule has 0 saturated carbocycles. The van der Waals surface area contributed by atoms with Crippen LogP contribution in [0.1, 0.15) is 6.42 Å². The Kier molecular flexibility index (Phi) is 5.35. The first-order valence-electron chi connectivity index (χ1n) is 3.39. The van der Waals surface area contributed by atoms with E-state index in [4.69, 9.17) is 25.5 Å². The van der Waals surface area contributed by atoms with Crippen LogP contribution in [0.5, 0.6) is 0 Å². The Hall–Kier alpha value is -0.200.